The first-order valence-corrected chi connectivity index (χ1v) is 12.7. The second kappa shape index (κ2) is 16.4. The van der Waals surface area contributed by atoms with Crippen LogP contribution in [0.15, 0.2) is 73.3 Å². The minimum atomic E-state index is -0.281. The van der Waals surface area contributed by atoms with Gasteiger partial charge in [-0.3, -0.25) is 0 Å². The molecule has 0 bridgehead atoms. The van der Waals surface area contributed by atoms with Crippen LogP contribution in [0.1, 0.15) is 64.0 Å². The van der Waals surface area contributed by atoms with Gasteiger partial charge in [0.05, 0.1) is 6.61 Å². The molecule has 2 aromatic carbocycles. The van der Waals surface area contributed by atoms with Crippen LogP contribution < -0.4 is 4.74 Å². The number of phenolic OH excluding ortho intramolecular Hbond substituents is 1. The van der Waals surface area contributed by atoms with E-state index in [0.29, 0.717) is 12.5 Å². The molecule has 0 aliphatic heterocycles. The minimum absolute atomic E-state index is 0.161. The van der Waals surface area contributed by atoms with E-state index in [4.69, 9.17) is 14.2 Å². The first-order valence-electron chi connectivity index (χ1n) is 12.7. The molecule has 5 nitrogen and oxygen atoms in total. The van der Waals surface area contributed by atoms with E-state index in [1.807, 2.05) is 67.6 Å². The van der Waals surface area contributed by atoms with Crippen LogP contribution in [0.5, 0.6) is 11.5 Å². The van der Waals surface area contributed by atoms with Crippen molar-refractivity contribution in [3.05, 3.63) is 84.5 Å². The number of ether oxygens (including phenoxy) is 3. The highest BCUT2D eigenvalue weighted by atomic mass is 16.7. The molecular weight excluding hydrogens is 452 g/mol. The Balaban J connectivity index is 0.000000346. The summed E-state index contributed by atoms with van der Waals surface area (Å²) < 4.78 is 16.4. The average molecular weight is 493 g/mol. The quantitative estimate of drug-likeness (QED) is 0.160. The van der Waals surface area contributed by atoms with E-state index < -0.39 is 0 Å². The monoisotopic (exact) mass is 492 g/mol. The Morgan fingerprint density at radius 3 is 2.03 bits per heavy atom. The summed E-state index contributed by atoms with van der Waals surface area (Å²) in [4.78, 5) is 10.7. The zero-order chi connectivity index (χ0) is 26.2. The Kier molecular flexibility index (Phi) is 13.2. The van der Waals surface area contributed by atoms with Crippen molar-refractivity contribution in [1.29, 1.82) is 0 Å². The zero-order valence-corrected chi connectivity index (χ0v) is 21.8. The van der Waals surface area contributed by atoms with E-state index in [9.17, 15) is 9.90 Å². The fraction of sp³-hybridized carbons (Fsp3) is 0.387. The lowest BCUT2D eigenvalue weighted by Gasteiger charge is -2.20. The number of hydrogen-bond donors (Lipinski definition) is 1. The molecule has 1 saturated carbocycles. The molecule has 1 fully saturated rings. The van der Waals surface area contributed by atoms with Gasteiger partial charge in [-0.2, -0.15) is 0 Å². The van der Waals surface area contributed by atoms with Crippen LogP contribution in [-0.2, 0) is 14.3 Å². The molecule has 2 aromatic rings. The van der Waals surface area contributed by atoms with Gasteiger partial charge in [0.2, 0.25) is 0 Å². The predicted molar refractivity (Wildman–Crippen MR) is 147 cm³/mol. The topological polar surface area (TPSA) is 65.0 Å². The SMILES string of the molecule is C=CC(=O)OC1CCCCC1.CC(C)COC(C)Oc1ccc(C=CC=Cc2ccc(O)cc2)cc1. The Labute approximate surface area is 216 Å². The summed E-state index contributed by atoms with van der Waals surface area (Å²) in [5.74, 6) is 1.29. The van der Waals surface area contributed by atoms with Gasteiger partial charge in [0, 0.05) is 6.08 Å². The third kappa shape index (κ3) is 12.4. The fourth-order valence-electron chi connectivity index (χ4n) is 3.53. The Morgan fingerprint density at radius 2 is 1.50 bits per heavy atom. The summed E-state index contributed by atoms with van der Waals surface area (Å²) in [6, 6.07) is 15.0. The molecule has 194 valence electrons. The molecule has 1 aliphatic rings. The molecule has 0 aromatic heterocycles. The van der Waals surface area contributed by atoms with Crippen molar-refractivity contribution in [3.8, 4) is 11.5 Å². The number of esters is 1. The van der Waals surface area contributed by atoms with E-state index in [1.54, 1.807) is 12.1 Å². The van der Waals surface area contributed by atoms with Gasteiger partial charge < -0.3 is 19.3 Å². The van der Waals surface area contributed by atoms with Crippen LogP contribution in [0, 0.1) is 5.92 Å². The molecule has 0 heterocycles. The first-order chi connectivity index (χ1) is 17.4. The van der Waals surface area contributed by atoms with E-state index >= 15 is 0 Å². The van der Waals surface area contributed by atoms with Crippen molar-refractivity contribution in [1.82, 2.24) is 0 Å². The van der Waals surface area contributed by atoms with Crippen LogP contribution in [0.2, 0.25) is 0 Å². The number of aromatic hydroxyl groups is 1. The van der Waals surface area contributed by atoms with Gasteiger partial charge in [-0.25, -0.2) is 4.79 Å². The molecule has 0 saturated heterocycles. The lowest BCUT2D eigenvalue weighted by Crippen LogP contribution is -2.19. The van der Waals surface area contributed by atoms with Crippen molar-refractivity contribution >= 4 is 18.1 Å². The highest BCUT2D eigenvalue weighted by Crippen LogP contribution is 2.20. The molecule has 1 unspecified atom stereocenters. The van der Waals surface area contributed by atoms with Gasteiger partial charge in [-0.15, -0.1) is 0 Å². The first kappa shape index (κ1) is 28.9. The third-order valence-electron chi connectivity index (χ3n) is 5.43. The summed E-state index contributed by atoms with van der Waals surface area (Å²) in [6.07, 6.45) is 14.8. The average Bonchev–Trinajstić information content (AvgIpc) is 2.88. The van der Waals surface area contributed by atoms with E-state index in [1.165, 1.54) is 25.3 Å². The van der Waals surface area contributed by atoms with Crippen LogP contribution in [0.25, 0.3) is 12.2 Å². The molecule has 36 heavy (non-hydrogen) atoms. The maximum absolute atomic E-state index is 10.7. The van der Waals surface area contributed by atoms with Gasteiger partial charge in [0.25, 0.3) is 0 Å². The molecule has 1 N–H and O–H groups in total. The summed E-state index contributed by atoms with van der Waals surface area (Å²) in [7, 11) is 0. The van der Waals surface area contributed by atoms with Crippen LogP contribution in [-0.4, -0.2) is 30.1 Å². The van der Waals surface area contributed by atoms with Crippen molar-refractivity contribution in [3.63, 3.8) is 0 Å². The van der Waals surface area contributed by atoms with E-state index in [2.05, 4.69) is 20.4 Å². The number of phenols is 1. The zero-order valence-electron chi connectivity index (χ0n) is 21.8. The lowest BCUT2D eigenvalue weighted by atomic mass is 9.98. The molecule has 3 rings (SSSR count). The van der Waals surface area contributed by atoms with Crippen molar-refractivity contribution in [2.45, 2.75) is 65.3 Å². The predicted octanol–water partition coefficient (Wildman–Crippen LogP) is 7.56. The molecule has 5 heteroatoms. The van der Waals surface area contributed by atoms with Gasteiger partial charge >= 0.3 is 5.97 Å². The molecule has 0 spiro atoms. The van der Waals surface area contributed by atoms with Gasteiger partial charge in [-0.1, -0.05) is 75.4 Å². The van der Waals surface area contributed by atoms with Crippen LogP contribution >= 0.6 is 0 Å². The van der Waals surface area contributed by atoms with E-state index in [0.717, 1.165) is 29.7 Å². The number of allylic oxidation sites excluding steroid dienone is 2. The molecule has 0 radical (unpaired) electrons. The van der Waals surface area contributed by atoms with Gasteiger partial charge in [-0.05, 0) is 73.9 Å². The standard InChI is InChI=1S/C22H26O3.C9H14O2/c1-17(2)16-24-18(3)25-22-14-10-20(11-15-22)7-5-4-6-19-8-12-21(23)13-9-19;1-2-9(10)11-8-6-4-3-5-7-8/h4-15,17-18,23H,16H2,1-3H3;2,8H,1,3-7H2. The van der Waals surface area contributed by atoms with Crippen molar-refractivity contribution in [2.75, 3.05) is 6.61 Å². The van der Waals surface area contributed by atoms with Crippen molar-refractivity contribution < 1.29 is 24.1 Å². The number of benzene rings is 2. The second-order valence-electron chi connectivity index (χ2n) is 9.19. The fourth-order valence-corrected chi connectivity index (χ4v) is 3.53. The largest absolute Gasteiger partial charge is 0.508 e. The maximum Gasteiger partial charge on any atom is 0.330 e. The summed E-state index contributed by atoms with van der Waals surface area (Å²) >= 11 is 0. The Hall–Kier alpha value is -3.31. The highest BCUT2D eigenvalue weighted by molar-refractivity contribution is 5.81. The number of hydrogen-bond acceptors (Lipinski definition) is 5. The minimum Gasteiger partial charge on any atom is -0.508 e. The number of carbonyl (C=O) groups excluding carboxylic acids is 1. The van der Waals surface area contributed by atoms with E-state index in [-0.39, 0.29) is 24.1 Å². The Morgan fingerprint density at radius 1 is 0.944 bits per heavy atom. The third-order valence-corrected chi connectivity index (χ3v) is 5.43. The molecule has 1 atom stereocenters. The summed E-state index contributed by atoms with van der Waals surface area (Å²) in [6.45, 7) is 10.2. The van der Waals surface area contributed by atoms with Crippen LogP contribution in [0.4, 0.5) is 0 Å². The van der Waals surface area contributed by atoms with Gasteiger partial charge in [0.15, 0.2) is 6.29 Å². The maximum atomic E-state index is 10.7. The van der Waals surface area contributed by atoms with Crippen molar-refractivity contribution in [2.24, 2.45) is 5.92 Å². The lowest BCUT2D eigenvalue weighted by molar-refractivity contribution is -0.144. The smallest absolute Gasteiger partial charge is 0.330 e. The molecule has 0 amide bonds. The number of rotatable bonds is 10. The Bertz CT molecular complexity index is 951. The van der Waals surface area contributed by atoms with Gasteiger partial charge in [0.1, 0.15) is 17.6 Å². The summed E-state index contributed by atoms with van der Waals surface area (Å²) in [5, 5.41) is 9.25. The molecule has 1 aliphatic carbocycles. The van der Waals surface area contributed by atoms with Crippen LogP contribution in [0.3, 0.4) is 0 Å². The second-order valence-corrected chi connectivity index (χ2v) is 9.19. The normalized spacial score (nSPS) is 14.9. The summed E-state index contributed by atoms with van der Waals surface area (Å²) in [5.41, 5.74) is 2.14. The molecular formula is C31H40O5. The highest BCUT2D eigenvalue weighted by Gasteiger charge is 2.15. The number of carbonyl (C=O) groups is 1.